The Balaban J connectivity index is 1.70. The van der Waals surface area contributed by atoms with Gasteiger partial charge < -0.3 is 10.2 Å². The van der Waals surface area contributed by atoms with Crippen molar-refractivity contribution in [1.82, 2.24) is 4.98 Å². The Morgan fingerprint density at radius 2 is 1.67 bits per heavy atom. The van der Waals surface area contributed by atoms with E-state index < -0.39 is 0 Å². The standard InChI is InChI=1S/C22H25N3OS/c1-14-6-7-15(2)21-19(14)12-16(3)22(24-21)27-13-20(26)23-17-8-10-18(11-9-17)25(4)5/h6-12H,13H2,1-5H3,(H,23,26). The fourth-order valence-corrected chi connectivity index (χ4v) is 3.72. The first-order chi connectivity index (χ1) is 12.8. The second-order valence-electron chi connectivity index (χ2n) is 6.98. The zero-order chi connectivity index (χ0) is 19.6. The Hall–Kier alpha value is -2.53. The van der Waals surface area contributed by atoms with Crippen molar-refractivity contribution in [3.8, 4) is 0 Å². The van der Waals surface area contributed by atoms with Crippen LogP contribution in [0.25, 0.3) is 10.9 Å². The summed E-state index contributed by atoms with van der Waals surface area (Å²) in [6.07, 6.45) is 0. The summed E-state index contributed by atoms with van der Waals surface area (Å²) >= 11 is 1.48. The number of hydrogen-bond acceptors (Lipinski definition) is 4. The Bertz CT molecular complexity index is 981. The number of pyridine rings is 1. The molecule has 1 N–H and O–H groups in total. The van der Waals surface area contributed by atoms with Crippen molar-refractivity contribution in [3.63, 3.8) is 0 Å². The minimum Gasteiger partial charge on any atom is -0.378 e. The number of carbonyl (C=O) groups excluding carboxylic acids is 1. The molecule has 5 heteroatoms. The van der Waals surface area contributed by atoms with Gasteiger partial charge in [-0.25, -0.2) is 4.98 Å². The number of nitrogens with zero attached hydrogens (tertiary/aromatic N) is 2. The largest absolute Gasteiger partial charge is 0.378 e. The number of aryl methyl sites for hydroxylation is 3. The molecular formula is C22H25N3OS. The fraction of sp³-hybridized carbons (Fsp3) is 0.273. The van der Waals surface area contributed by atoms with Gasteiger partial charge in [0, 0.05) is 30.9 Å². The molecule has 0 spiro atoms. The van der Waals surface area contributed by atoms with Crippen LogP contribution in [0.5, 0.6) is 0 Å². The third-order valence-electron chi connectivity index (χ3n) is 4.56. The van der Waals surface area contributed by atoms with Crippen LogP contribution in [0.2, 0.25) is 0 Å². The maximum absolute atomic E-state index is 12.3. The molecule has 1 amide bonds. The molecule has 0 aliphatic carbocycles. The molecule has 27 heavy (non-hydrogen) atoms. The van der Waals surface area contributed by atoms with Crippen LogP contribution in [0.3, 0.4) is 0 Å². The molecule has 0 unspecified atom stereocenters. The molecule has 0 aliphatic rings. The van der Waals surface area contributed by atoms with E-state index in [0.29, 0.717) is 5.75 Å². The van der Waals surface area contributed by atoms with Crippen LogP contribution in [0.4, 0.5) is 11.4 Å². The first kappa shape index (κ1) is 19.2. The summed E-state index contributed by atoms with van der Waals surface area (Å²) in [5, 5.41) is 5.04. The van der Waals surface area contributed by atoms with Crippen molar-refractivity contribution in [2.75, 3.05) is 30.1 Å². The van der Waals surface area contributed by atoms with Gasteiger partial charge in [-0.05, 0) is 67.8 Å². The molecule has 3 aromatic rings. The summed E-state index contributed by atoms with van der Waals surface area (Å²) < 4.78 is 0. The van der Waals surface area contributed by atoms with Crippen molar-refractivity contribution in [3.05, 3.63) is 59.2 Å². The lowest BCUT2D eigenvalue weighted by molar-refractivity contribution is -0.113. The van der Waals surface area contributed by atoms with E-state index in [1.807, 2.05) is 43.3 Å². The van der Waals surface area contributed by atoms with Gasteiger partial charge in [-0.1, -0.05) is 23.9 Å². The predicted molar refractivity (Wildman–Crippen MR) is 116 cm³/mol. The number of anilines is 2. The smallest absolute Gasteiger partial charge is 0.234 e. The monoisotopic (exact) mass is 379 g/mol. The summed E-state index contributed by atoms with van der Waals surface area (Å²) in [6, 6.07) is 14.2. The number of carbonyl (C=O) groups is 1. The summed E-state index contributed by atoms with van der Waals surface area (Å²) in [7, 11) is 3.98. The minimum absolute atomic E-state index is 0.0279. The highest BCUT2D eigenvalue weighted by atomic mass is 32.2. The summed E-state index contributed by atoms with van der Waals surface area (Å²) in [4.78, 5) is 19.2. The van der Waals surface area contributed by atoms with E-state index in [4.69, 9.17) is 4.98 Å². The highest BCUT2D eigenvalue weighted by Crippen LogP contribution is 2.28. The van der Waals surface area contributed by atoms with Gasteiger partial charge in [0.2, 0.25) is 5.91 Å². The molecule has 0 radical (unpaired) electrons. The van der Waals surface area contributed by atoms with Gasteiger partial charge in [0.15, 0.2) is 0 Å². The average molecular weight is 380 g/mol. The number of rotatable bonds is 5. The predicted octanol–water partition coefficient (Wildman–Crippen LogP) is 4.96. The topological polar surface area (TPSA) is 45.2 Å². The Morgan fingerprint density at radius 3 is 2.33 bits per heavy atom. The van der Waals surface area contributed by atoms with E-state index in [1.165, 1.54) is 22.7 Å². The van der Waals surface area contributed by atoms with Gasteiger partial charge in [-0.15, -0.1) is 0 Å². The highest BCUT2D eigenvalue weighted by molar-refractivity contribution is 8.00. The van der Waals surface area contributed by atoms with Crippen molar-refractivity contribution in [2.24, 2.45) is 0 Å². The van der Waals surface area contributed by atoms with Gasteiger partial charge in [-0.3, -0.25) is 4.79 Å². The lowest BCUT2D eigenvalue weighted by atomic mass is 10.0. The Kier molecular flexibility index (Phi) is 5.71. The van der Waals surface area contributed by atoms with E-state index in [1.54, 1.807) is 0 Å². The molecule has 0 aliphatic heterocycles. The van der Waals surface area contributed by atoms with Crippen LogP contribution >= 0.6 is 11.8 Å². The third-order valence-corrected chi connectivity index (χ3v) is 5.65. The van der Waals surface area contributed by atoms with Gasteiger partial charge in [0.1, 0.15) is 5.03 Å². The molecule has 0 fully saturated rings. The highest BCUT2D eigenvalue weighted by Gasteiger charge is 2.10. The maximum atomic E-state index is 12.3. The number of aromatic nitrogens is 1. The molecule has 1 aromatic heterocycles. The molecule has 4 nitrogen and oxygen atoms in total. The minimum atomic E-state index is -0.0279. The number of amides is 1. The lowest BCUT2D eigenvalue weighted by Gasteiger charge is -2.13. The normalized spacial score (nSPS) is 10.9. The van der Waals surface area contributed by atoms with Crippen LogP contribution in [0, 0.1) is 20.8 Å². The van der Waals surface area contributed by atoms with E-state index in [0.717, 1.165) is 33.0 Å². The number of nitrogens with one attached hydrogen (secondary N) is 1. The molecule has 0 saturated heterocycles. The Labute approximate surface area is 165 Å². The third kappa shape index (κ3) is 4.42. The quantitative estimate of drug-likeness (QED) is 0.637. The van der Waals surface area contributed by atoms with Crippen LogP contribution in [0.15, 0.2) is 47.5 Å². The maximum Gasteiger partial charge on any atom is 0.234 e. The number of thioether (sulfide) groups is 1. The van der Waals surface area contributed by atoms with E-state index in [2.05, 4.69) is 44.3 Å². The summed E-state index contributed by atoms with van der Waals surface area (Å²) in [6.45, 7) is 6.22. The fourth-order valence-electron chi connectivity index (χ4n) is 2.94. The summed E-state index contributed by atoms with van der Waals surface area (Å²) in [5.74, 6) is 0.305. The molecule has 1 heterocycles. The molecule has 2 aromatic carbocycles. The van der Waals surface area contributed by atoms with Crippen LogP contribution in [-0.4, -0.2) is 30.7 Å². The van der Waals surface area contributed by atoms with E-state index in [9.17, 15) is 4.79 Å². The van der Waals surface area contributed by atoms with Gasteiger partial charge in [-0.2, -0.15) is 0 Å². The second kappa shape index (κ2) is 8.01. The molecular weight excluding hydrogens is 354 g/mol. The van der Waals surface area contributed by atoms with Crippen molar-refractivity contribution in [2.45, 2.75) is 25.8 Å². The molecule has 3 rings (SSSR count). The molecule has 0 saturated carbocycles. The molecule has 0 atom stereocenters. The van der Waals surface area contributed by atoms with Crippen molar-refractivity contribution < 1.29 is 4.79 Å². The van der Waals surface area contributed by atoms with Gasteiger partial charge in [0.25, 0.3) is 0 Å². The van der Waals surface area contributed by atoms with Gasteiger partial charge >= 0.3 is 0 Å². The van der Waals surface area contributed by atoms with Crippen LogP contribution in [0.1, 0.15) is 16.7 Å². The van der Waals surface area contributed by atoms with Crippen molar-refractivity contribution in [1.29, 1.82) is 0 Å². The zero-order valence-electron chi connectivity index (χ0n) is 16.5. The second-order valence-corrected chi connectivity index (χ2v) is 7.95. The lowest BCUT2D eigenvalue weighted by Crippen LogP contribution is -2.14. The molecule has 0 bridgehead atoms. The first-order valence-electron chi connectivity index (χ1n) is 8.93. The van der Waals surface area contributed by atoms with Gasteiger partial charge in [0.05, 0.1) is 11.3 Å². The molecule has 140 valence electrons. The number of benzene rings is 2. The summed E-state index contributed by atoms with van der Waals surface area (Å²) in [5.41, 5.74) is 6.40. The number of fused-ring (bicyclic) bond motifs is 1. The van der Waals surface area contributed by atoms with E-state index >= 15 is 0 Å². The number of hydrogen-bond donors (Lipinski definition) is 1. The average Bonchev–Trinajstić information content (AvgIpc) is 2.64. The first-order valence-corrected chi connectivity index (χ1v) is 9.91. The van der Waals surface area contributed by atoms with Crippen molar-refractivity contribution >= 4 is 39.9 Å². The van der Waals surface area contributed by atoms with E-state index in [-0.39, 0.29) is 5.91 Å². The zero-order valence-corrected chi connectivity index (χ0v) is 17.3. The van der Waals surface area contributed by atoms with Crippen LogP contribution in [-0.2, 0) is 4.79 Å². The Morgan fingerprint density at radius 1 is 1.00 bits per heavy atom. The van der Waals surface area contributed by atoms with Crippen LogP contribution < -0.4 is 10.2 Å². The SMILES string of the molecule is Cc1cc2c(C)ccc(C)c2nc1SCC(=O)Nc1ccc(N(C)C)cc1.